The van der Waals surface area contributed by atoms with Crippen molar-refractivity contribution in [2.45, 2.75) is 19.3 Å². The molecule has 0 aliphatic rings. The van der Waals surface area contributed by atoms with E-state index >= 15 is 0 Å². The van der Waals surface area contributed by atoms with Gasteiger partial charge in [0.25, 0.3) is 5.91 Å². The Bertz CT molecular complexity index is 387. The maximum absolute atomic E-state index is 11.4. The fraction of sp³-hybridized carbons (Fsp3) is 0.231. The molecule has 0 fully saturated rings. The third-order valence-electron chi connectivity index (χ3n) is 2.08. The number of amides is 1. The van der Waals surface area contributed by atoms with Crippen LogP contribution in [0.3, 0.4) is 0 Å². The number of benzene rings is 1. The normalized spacial score (nSPS) is 9.41. The van der Waals surface area contributed by atoms with Crippen LogP contribution in [0.5, 0.6) is 0 Å². The van der Waals surface area contributed by atoms with Gasteiger partial charge in [-0.3, -0.25) is 4.79 Å². The number of unbranched alkanes of at least 4 members (excludes halogenated alkanes) is 1. The number of carbonyl (C=O) groups excluding carboxylic acids is 2. The molecule has 0 atom stereocenters. The SMILES string of the molecule is C=CCCCC(=O)NOC(=O)c1ccccc1. The summed E-state index contributed by atoms with van der Waals surface area (Å²) in [5.74, 6) is -0.876. The maximum Gasteiger partial charge on any atom is 0.362 e. The van der Waals surface area contributed by atoms with E-state index < -0.39 is 5.97 Å². The summed E-state index contributed by atoms with van der Waals surface area (Å²) >= 11 is 0. The predicted molar refractivity (Wildman–Crippen MR) is 64.0 cm³/mol. The molecule has 0 aliphatic carbocycles. The lowest BCUT2D eigenvalue weighted by atomic mass is 10.2. The monoisotopic (exact) mass is 233 g/mol. The molecule has 1 N–H and O–H groups in total. The minimum Gasteiger partial charge on any atom is -0.335 e. The molecular weight excluding hydrogens is 218 g/mol. The van der Waals surface area contributed by atoms with Crippen molar-refractivity contribution in [3.05, 3.63) is 48.6 Å². The van der Waals surface area contributed by atoms with Crippen LogP contribution in [0.2, 0.25) is 0 Å². The average molecular weight is 233 g/mol. The topological polar surface area (TPSA) is 55.4 Å². The van der Waals surface area contributed by atoms with Crippen LogP contribution in [0.1, 0.15) is 29.6 Å². The quantitative estimate of drug-likeness (QED) is 0.482. The van der Waals surface area contributed by atoms with Crippen LogP contribution < -0.4 is 5.48 Å². The first-order valence-corrected chi connectivity index (χ1v) is 5.40. The van der Waals surface area contributed by atoms with Gasteiger partial charge in [-0.05, 0) is 25.0 Å². The van der Waals surface area contributed by atoms with E-state index in [1.807, 2.05) is 0 Å². The van der Waals surface area contributed by atoms with Crippen LogP contribution in [0.15, 0.2) is 43.0 Å². The van der Waals surface area contributed by atoms with E-state index in [1.165, 1.54) is 0 Å². The molecule has 90 valence electrons. The number of rotatable bonds is 5. The number of carbonyl (C=O) groups is 2. The minimum absolute atomic E-state index is 0.309. The number of hydrogen-bond donors (Lipinski definition) is 1. The van der Waals surface area contributed by atoms with E-state index in [2.05, 4.69) is 16.9 Å². The Kier molecular flexibility index (Phi) is 5.51. The smallest absolute Gasteiger partial charge is 0.335 e. The second-order valence-electron chi connectivity index (χ2n) is 3.46. The van der Waals surface area contributed by atoms with E-state index in [9.17, 15) is 9.59 Å². The molecule has 1 aromatic rings. The molecule has 1 rings (SSSR count). The van der Waals surface area contributed by atoms with Crippen LogP contribution >= 0.6 is 0 Å². The number of allylic oxidation sites excluding steroid dienone is 1. The Morgan fingerprint density at radius 2 is 2.00 bits per heavy atom. The van der Waals surface area contributed by atoms with Gasteiger partial charge in [-0.1, -0.05) is 24.3 Å². The Morgan fingerprint density at radius 3 is 2.65 bits per heavy atom. The molecule has 0 saturated carbocycles. The van der Waals surface area contributed by atoms with E-state index in [1.54, 1.807) is 36.4 Å². The molecular formula is C13H15NO3. The Morgan fingerprint density at radius 1 is 1.29 bits per heavy atom. The highest BCUT2D eigenvalue weighted by molar-refractivity contribution is 5.90. The zero-order valence-corrected chi connectivity index (χ0v) is 9.52. The van der Waals surface area contributed by atoms with Gasteiger partial charge in [0, 0.05) is 6.42 Å². The molecule has 0 heterocycles. The van der Waals surface area contributed by atoms with Gasteiger partial charge in [0.1, 0.15) is 0 Å². The van der Waals surface area contributed by atoms with Crippen molar-refractivity contribution in [2.24, 2.45) is 0 Å². The van der Waals surface area contributed by atoms with Crippen molar-refractivity contribution in [1.29, 1.82) is 0 Å². The average Bonchev–Trinajstić information content (AvgIpc) is 2.37. The molecule has 0 spiro atoms. The van der Waals surface area contributed by atoms with Gasteiger partial charge < -0.3 is 4.84 Å². The van der Waals surface area contributed by atoms with Crippen molar-refractivity contribution in [2.75, 3.05) is 0 Å². The number of hydrogen-bond acceptors (Lipinski definition) is 3. The minimum atomic E-state index is -0.567. The lowest BCUT2D eigenvalue weighted by Crippen LogP contribution is -2.26. The van der Waals surface area contributed by atoms with Crippen LogP contribution in [0, 0.1) is 0 Å². The van der Waals surface area contributed by atoms with Crippen molar-refractivity contribution >= 4 is 11.9 Å². The van der Waals surface area contributed by atoms with Crippen molar-refractivity contribution in [1.82, 2.24) is 5.48 Å². The van der Waals surface area contributed by atoms with Gasteiger partial charge in [0.2, 0.25) is 0 Å². The summed E-state index contributed by atoms with van der Waals surface area (Å²) in [5.41, 5.74) is 2.52. The highest BCUT2D eigenvalue weighted by Crippen LogP contribution is 2.00. The van der Waals surface area contributed by atoms with Crippen LogP contribution in [0.25, 0.3) is 0 Å². The summed E-state index contributed by atoms with van der Waals surface area (Å²) in [6.45, 7) is 3.55. The van der Waals surface area contributed by atoms with E-state index in [0.717, 1.165) is 6.42 Å². The molecule has 0 aliphatic heterocycles. The van der Waals surface area contributed by atoms with Crippen LogP contribution in [-0.4, -0.2) is 11.9 Å². The molecule has 4 nitrogen and oxygen atoms in total. The molecule has 0 radical (unpaired) electrons. The van der Waals surface area contributed by atoms with Gasteiger partial charge in [-0.2, -0.15) is 5.48 Å². The second-order valence-corrected chi connectivity index (χ2v) is 3.46. The predicted octanol–water partition coefficient (Wildman–Crippen LogP) is 2.23. The Balaban J connectivity index is 2.29. The summed E-state index contributed by atoms with van der Waals surface area (Å²) in [6, 6.07) is 8.48. The van der Waals surface area contributed by atoms with Gasteiger partial charge in [-0.25, -0.2) is 4.79 Å². The number of hydroxylamine groups is 1. The summed E-state index contributed by atoms with van der Waals surface area (Å²) in [4.78, 5) is 27.3. The Labute approximate surface area is 100 Å². The zero-order chi connectivity index (χ0) is 12.5. The first-order chi connectivity index (χ1) is 8.24. The standard InChI is InChI=1S/C13H15NO3/c1-2-3-5-10-12(15)14-17-13(16)11-8-6-4-7-9-11/h2,4,6-9H,1,3,5,10H2,(H,14,15). The molecule has 0 saturated heterocycles. The van der Waals surface area contributed by atoms with Gasteiger partial charge in [-0.15, -0.1) is 6.58 Å². The molecule has 4 heteroatoms. The lowest BCUT2D eigenvalue weighted by Gasteiger charge is -2.04. The first kappa shape index (κ1) is 13.0. The largest absolute Gasteiger partial charge is 0.362 e. The molecule has 0 unspecified atom stereocenters. The molecule has 17 heavy (non-hydrogen) atoms. The fourth-order valence-electron chi connectivity index (χ4n) is 1.19. The highest BCUT2D eigenvalue weighted by atomic mass is 16.7. The summed E-state index contributed by atoms with van der Waals surface area (Å²) < 4.78 is 0. The van der Waals surface area contributed by atoms with Gasteiger partial charge >= 0.3 is 5.97 Å². The first-order valence-electron chi connectivity index (χ1n) is 5.40. The van der Waals surface area contributed by atoms with E-state index in [-0.39, 0.29) is 5.91 Å². The summed E-state index contributed by atoms with van der Waals surface area (Å²) in [6.07, 6.45) is 3.51. The zero-order valence-electron chi connectivity index (χ0n) is 9.52. The third kappa shape index (κ3) is 4.97. The van der Waals surface area contributed by atoms with Crippen LogP contribution in [0.4, 0.5) is 0 Å². The third-order valence-corrected chi connectivity index (χ3v) is 2.08. The van der Waals surface area contributed by atoms with Gasteiger partial charge in [0.05, 0.1) is 5.56 Å². The Hall–Kier alpha value is -2.10. The van der Waals surface area contributed by atoms with E-state index in [0.29, 0.717) is 18.4 Å². The van der Waals surface area contributed by atoms with Gasteiger partial charge in [0.15, 0.2) is 0 Å². The van der Waals surface area contributed by atoms with Crippen molar-refractivity contribution < 1.29 is 14.4 Å². The summed E-state index contributed by atoms with van der Waals surface area (Å²) in [5, 5.41) is 0. The molecule has 0 bridgehead atoms. The maximum atomic E-state index is 11.4. The highest BCUT2D eigenvalue weighted by Gasteiger charge is 2.08. The lowest BCUT2D eigenvalue weighted by molar-refractivity contribution is -0.130. The fourth-order valence-corrected chi connectivity index (χ4v) is 1.19. The van der Waals surface area contributed by atoms with Crippen LogP contribution in [-0.2, 0) is 9.63 Å². The van der Waals surface area contributed by atoms with E-state index in [4.69, 9.17) is 0 Å². The number of nitrogens with one attached hydrogen (secondary N) is 1. The molecule has 1 aromatic carbocycles. The van der Waals surface area contributed by atoms with Crippen molar-refractivity contribution in [3.63, 3.8) is 0 Å². The molecule has 0 aromatic heterocycles. The van der Waals surface area contributed by atoms with Crippen molar-refractivity contribution in [3.8, 4) is 0 Å². The second kappa shape index (κ2) is 7.22. The molecule has 1 amide bonds. The summed E-state index contributed by atoms with van der Waals surface area (Å²) in [7, 11) is 0.